The SMILES string of the molecule is C#CC(C)Oc1nc(C(C)C)nc(N)c1C. The summed E-state index contributed by atoms with van der Waals surface area (Å²) in [6.45, 7) is 7.60. The van der Waals surface area contributed by atoms with Crippen LogP contribution in [0.5, 0.6) is 5.88 Å². The predicted molar refractivity (Wildman–Crippen MR) is 64.2 cm³/mol. The highest BCUT2D eigenvalue weighted by Crippen LogP contribution is 2.23. The van der Waals surface area contributed by atoms with Gasteiger partial charge >= 0.3 is 0 Å². The van der Waals surface area contributed by atoms with Gasteiger partial charge in [-0.15, -0.1) is 6.42 Å². The summed E-state index contributed by atoms with van der Waals surface area (Å²) in [5.41, 5.74) is 6.52. The van der Waals surface area contributed by atoms with E-state index in [0.29, 0.717) is 17.5 Å². The molecule has 1 unspecified atom stereocenters. The van der Waals surface area contributed by atoms with E-state index >= 15 is 0 Å². The van der Waals surface area contributed by atoms with E-state index in [1.165, 1.54) is 0 Å². The Morgan fingerprint density at radius 2 is 1.94 bits per heavy atom. The summed E-state index contributed by atoms with van der Waals surface area (Å²) < 4.78 is 5.50. The van der Waals surface area contributed by atoms with E-state index in [4.69, 9.17) is 16.9 Å². The van der Waals surface area contributed by atoms with E-state index in [9.17, 15) is 0 Å². The summed E-state index contributed by atoms with van der Waals surface area (Å²) in [6.07, 6.45) is 4.93. The second-order valence-corrected chi connectivity index (χ2v) is 3.98. The molecule has 1 heterocycles. The smallest absolute Gasteiger partial charge is 0.223 e. The number of nitrogens with two attached hydrogens (primary N) is 1. The Balaban J connectivity index is 3.12. The van der Waals surface area contributed by atoms with E-state index in [2.05, 4.69) is 15.9 Å². The highest BCUT2D eigenvalue weighted by Gasteiger charge is 2.13. The van der Waals surface area contributed by atoms with Crippen LogP contribution in [0.3, 0.4) is 0 Å². The number of terminal acetylenes is 1. The fourth-order valence-corrected chi connectivity index (χ4v) is 1.10. The monoisotopic (exact) mass is 219 g/mol. The summed E-state index contributed by atoms with van der Waals surface area (Å²) in [5.74, 6) is 4.27. The van der Waals surface area contributed by atoms with Crippen molar-refractivity contribution in [2.45, 2.75) is 39.7 Å². The molecule has 0 radical (unpaired) electrons. The molecule has 0 bridgehead atoms. The Morgan fingerprint density at radius 3 is 2.44 bits per heavy atom. The van der Waals surface area contributed by atoms with Crippen molar-refractivity contribution >= 4 is 5.82 Å². The first-order valence-electron chi connectivity index (χ1n) is 5.22. The lowest BCUT2D eigenvalue weighted by atomic mass is 10.2. The van der Waals surface area contributed by atoms with Crippen LogP contribution in [0.2, 0.25) is 0 Å². The maximum atomic E-state index is 5.79. The number of anilines is 1. The lowest BCUT2D eigenvalue weighted by Crippen LogP contribution is -2.13. The van der Waals surface area contributed by atoms with Crippen LogP contribution in [-0.2, 0) is 0 Å². The van der Waals surface area contributed by atoms with Gasteiger partial charge in [-0.1, -0.05) is 19.8 Å². The number of nitrogens with zero attached hydrogens (tertiary/aromatic N) is 2. The topological polar surface area (TPSA) is 61.0 Å². The first kappa shape index (κ1) is 12.3. The van der Waals surface area contributed by atoms with Crippen molar-refractivity contribution in [1.29, 1.82) is 0 Å². The van der Waals surface area contributed by atoms with E-state index in [1.54, 1.807) is 6.92 Å². The molecule has 0 aliphatic heterocycles. The van der Waals surface area contributed by atoms with Gasteiger partial charge in [0.05, 0.1) is 5.56 Å². The van der Waals surface area contributed by atoms with Crippen molar-refractivity contribution in [3.63, 3.8) is 0 Å². The van der Waals surface area contributed by atoms with Crippen molar-refractivity contribution < 1.29 is 4.74 Å². The van der Waals surface area contributed by atoms with Gasteiger partial charge in [0.2, 0.25) is 5.88 Å². The van der Waals surface area contributed by atoms with Gasteiger partial charge < -0.3 is 10.5 Å². The zero-order valence-electron chi connectivity index (χ0n) is 10.1. The lowest BCUT2D eigenvalue weighted by Gasteiger charge is -2.14. The summed E-state index contributed by atoms with van der Waals surface area (Å²) in [6, 6.07) is 0. The standard InChI is InChI=1S/C12H17N3O/c1-6-8(4)16-12-9(5)10(13)14-11(15-12)7(2)3/h1,7-8H,2-5H3,(H2,13,14,15). The zero-order valence-corrected chi connectivity index (χ0v) is 10.1. The second-order valence-electron chi connectivity index (χ2n) is 3.98. The number of rotatable bonds is 3. The minimum Gasteiger partial charge on any atom is -0.461 e. The normalized spacial score (nSPS) is 12.2. The predicted octanol–water partition coefficient (Wildman–Crippen LogP) is 1.89. The molecule has 1 aromatic heterocycles. The Kier molecular flexibility index (Phi) is 3.73. The number of aromatic nitrogens is 2. The first-order chi connectivity index (χ1) is 7.45. The molecule has 0 aromatic carbocycles. The Labute approximate surface area is 96.2 Å². The molecule has 1 aromatic rings. The number of hydrogen-bond acceptors (Lipinski definition) is 4. The maximum Gasteiger partial charge on any atom is 0.223 e. The van der Waals surface area contributed by atoms with Crippen LogP contribution in [0.4, 0.5) is 5.82 Å². The second kappa shape index (κ2) is 4.84. The van der Waals surface area contributed by atoms with Crippen LogP contribution in [0.1, 0.15) is 38.1 Å². The third-order valence-electron chi connectivity index (χ3n) is 2.20. The number of ether oxygens (including phenoxy) is 1. The molecule has 0 saturated heterocycles. The molecule has 1 rings (SSSR count). The zero-order chi connectivity index (χ0) is 12.3. The molecular formula is C12H17N3O. The molecule has 0 aliphatic rings. The van der Waals surface area contributed by atoms with Gasteiger partial charge in [-0.25, -0.2) is 4.98 Å². The van der Waals surface area contributed by atoms with Crippen LogP contribution >= 0.6 is 0 Å². The Morgan fingerprint density at radius 1 is 1.31 bits per heavy atom. The average molecular weight is 219 g/mol. The quantitative estimate of drug-likeness (QED) is 0.789. The van der Waals surface area contributed by atoms with Crippen LogP contribution < -0.4 is 10.5 Å². The fraction of sp³-hybridized carbons (Fsp3) is 0.500. The summed E-state index contributed by atoms with van der Waals surface area (Å²) >= 11 is 0. The summed E-state index contributed by atoms with van der Waals surface area (Å²) in [5, 5.41) is 0. The van der Waals surface area contributed by atoms with Crippen LogP contribution in [0.15, 0.2) is 0 Å². The third kappa shape index (κ3) is 2.63. The number of hydrogen-bond donors (Lipinski definition) is 1. The van der Waals surface area contributed by atoms with Gasteiger partial charge in [-0.05, 0) is 13.8 Å². The highest BCUT2D eigenvalue weighted by molar-refractivity contribution is 5.44. The third-order valence-corrected chi connectivity index (χ3v) is 2.20. The highest BCUT2D eigenvalue weighted by atomic mass is 16.5. The van der Waals surface area contributed by atoms with Crippen molar-refractivity contribution in [3.8, 4) is 18.2 Å². The number of nitrogen functional groups attached to an aromatic ring is 1. The van der Waals surface area contributed by atoms with E-state index in [1.807, 2.05) is 20.8 Å². The van der Waals surface area contributed by atoms with E-state index in [-0.39, 0.29) is 12.0 Å². The molecule has 0 fully saturated rings. The maximum absolute atomic E-state index is 5.79. The largest absolute Gasteiger partial charge is 0.461 e. The van der Waals surface area contributed by atoms with E-state index in [0.717, 1.165) is 5.56 Å². The van der Waals surface area contributed by atoms with Crippen LogP contribution in [0, 0.1) is 19.3 Å². The first-order valence-corrected chi connectivity index (χ1v) is 5.22. The summed E-state index contributed by atoms with van der Waals surface area (Å²) in [7, 11) is 0. The van der Waals surface area contributed by atoms with Crippen molar-refractivity contribution in [2.24, 2.45) is 0 Å². The molecule has 4 nitrogen and oxygen atoms in total. The molecule has 2 N–H and O–H groups in total. The molecule has 0 aliphatic carbocycles. The lowest BCUT2D eigenvalue weighted by molar-refractivity contribution is 0.264. The van der Waals surface area contributed by atoms with Crippen LogP contribution in [-0.4, -0.2) is 16.1 Å². The minimum absolute atomic E-state index is 0.200. The molecule has 0 amide bonds. The van der Waals surface area contributed by atoms with Gasteiger partial charge in [0, 0.05) is 5.92 Å². The van der Waals surface area contributed by atoms with Gasteiger partial charge in [-0.3, -0.25) is 0 Å². The molecule has 0 saturated carbocycles. The van der Waals surface area contributed by atoms with Gasteiger partial charge in [-0.2, -0.15) is 4.98 Å². The summed E-state index contributed by atoms with van der Waals surface area (Å²) in [4.78, 5) is 8.51. The van der Waals surface area contributed by atoms with Gasteiger partial charge in [0.1, 0.15) is 11.6 Å². The molecular weight excluding hydrogens is 202 g/mol. The molecule has 0 spiro atoms. The van der Waals surface area contributed by atoms with Gasteiger partial charge in [0.15, 0.2) is 6.10 Å². The minimum atomic E-state index is -0.326. The van der Waals surface area contributed by atoms with Crippen molar-refractivity contribution in [1.82, 2.24) is 9.97 Å². The molecule has 4 heteroatoms. The van der Waals surface area contributed by atoms with Gasteiger partial charge in [0.25, 0.3) is 0 Å². The van der Waals surface area contributed by atoms with E-state index < -0.39 is 0 Å². The van der Waals surface area contributed by atoms with Crippen LogP contribution in [0.25, 0.3) is 0 Å². The fourth-order valence-electron chi connectivity index (χ4n) is 1.10. The molecule has 16 heavy (non-hydrogen) atoms. The average Bonchev–Trinajstić information content (AvgIpc) is 2.23. The Bertz CT molecular complexity index is 421. The van der Waals surface area contributed by atoms with Crippen molar-refractivity contribution in [3.05, 3.63) is 11.4 Å². The molecule has 1 atom stereocenters. The van der Waals surface area contributed by atoms with Crippen molar-refractivity contribution in [2.75, 3.05) is 5.73 Å². The Hall–Kier alpha value is -1.76. The molecule has 86 valence electrons.